The van der Waals surface area contributed by atoms with E-state index < -0.39 is 0 Å². The van der Waals surface area contributed by atoms with Crippen molar-refractivity contribution in [3.05, 3.63) is 40.6 Å². The van der Waals surface area contributed by atoms with Gasteiger partial charge < -0.3 is 5.32 Å². The highest BCUT2D eigenvalue weighted by atomic mass is 16.1. The molecule has 0 saturated heterocycles. The fourth-order valence-electron chi connectivity index (χ4n) is 2.12. The summed E-state index contributed by atoms with van der Waals surface area (Å²) in [5.41, 5.74) is 1.54. The summed E-state index contributed by atoms with van der Waals surface area (Å²) in [4.78, 5) is 12.0. The lowest BCUT2D eigenvalue weighted by molar-refractivity contribution is 0.445. The van der Waals surface area contributed by atoms with Crippen molar-refractivity contribution < 1.29 is 0 Å². The molecule has 1 saturated carbocycles. The molecule has 1 N–H and O–H groups in total. The van der Waals surface area contributed by atoms with Gasteiger partial charge in [-0.05, 0) is 25.3 Å². The Labute approximate surface area is 111 Å². The van der Waals surface area contributed by atoms with Gasteiger partial charge in [-0.25, -0.2) is 4.68 Å². The molecule has 1 aliphatic carbocycles. The first-order chi connectivity index (χ1) is 9.20. The summed E-state index contributed by atoms with van der Waals surface area (Å²) in [6, 6.07) is 4.00. The molecule has 2 aromatic heterocycles. The van der Waals surface area contributed by atoms with Gasteiger partial charge in [-0.2, -0.15) is 10.2 Å². The van der Waals surface area contributed by atoms with Crippen LogP contribution in [-0.2, 0) is 13.6 Å². The maximum atomic E-state index is 12.0. The first-order valence-corrected chi connectivity index (χ1v) is 6.53. The number of rotatable bonds is 4. The average Bonchev–Trinajstić information content (AvgIpc) is 2.73. The standard InChI is InChI=1S/C13H17N5O/c1-17-6-5-11(16-17)9-18-13(19)7-12(8-14-18)15-10-3-2-4-10/h5-8,10,15H,2-4,9H2,1H3. The molecule has 0 atom stereocenters. The van der Waals surface area contributed by atoms with E-state index in [1.54, 1.807) is 16.9 Å². The average molecular weight is 259 g/mol. The van der Waals surface area contributed by atoms with Gasteiger partial charge in [-0.15, -0.1) is 0 Å². The normalized spacial score (nSPS) is 15.2. The molecule has 0 aromatic carbocycles. The Bertz CT molecular complexity index is 626. The molecule has 2 heterocycles. The third-order valence-electron chi connectivity index (χ3n) is 3.43. The second kappa shape index (κ2) is 4.87. The Morgan fingerprint density at radius 1 is 1.47 bits per heavy atom. The predicted molar refractivity (Wildman–Crippen MR) is 72.1 cm³/mol. The molecular formula is C13H17N5O. The predicted octanol–water partition coefficient (Wildman–Crippen LogP) is 0.989. The molecular weight excluding hydrogens is 242 g/mol. The Morgan fingerprint density at radius 3 is 2.89 bits per heavy atom. The highest BCUT2D eigenvalue weighted by molar-refractivity contribution is 5.40. The van der Waals surface area contributed by atoms with Gasteiger partial charge >= 0.3 is 0 Å². The van der Waals surface area contributed by atoms with Crippen LogP contribution in [0.4, 0.5) is 5.69 Å². The van der Waals surface area contributed by atoms with Crippen molar-refractivity contribution in [3.8, 4) is 0 Å². The first-order valence-electron chi connectivity index (χ1n) is 6.53. The van der Waals surface area contributed by atoms with E-state index in [2.05, 4.69) is 15.5 Å². The van der Waals surface area contributed by atoms with Crippen LogP contribution in [0.15, 0.2) is 29.3 Å². The van der Waals surface area contributed by atoms with E-state index in [4.69, 9.17) is 0 Å². The van der Waals surface area contributed by atoms with Gasteiger partial charge in [0, 0.05) is 25.4 Å². The Balaban J connectivity index is 1.73. The summed E-state index contributed by atoms with van der Waals surface area (Å²) in [6.45, 7) is 0.406. The number of anilines is 1. The fourth-order valence-corrected chi connectivity index (χ4v) is 2.12. The topological polar surface area (TPSA) is 64.7 Å². The van der Waals surface area contributed by atoms with Crippen LogP contribution in [0, 0.1) is 0 Å². The van der Waals surface area contributed by atoms with Crippen molar-refractivity contribution in [2.24, 2.45) is 7.05 Å². The molecule has 1 aliphatic rings. The van der Waals surface area contributed by atoms with Crippen LogP contribution in [0.25, 0.3) is 0 Å². The summed E-state index contributed by atoms with van der Waals surface area (Å²) < 4.78 is 3.14. The molecule has 6 heteroatoms. The van der Waals surface area contributed by atoms with Crippen LogP contribution < -0.4 is 10.9 Å². The summed E-state index contributed by atoms with van der Waals surface area (Å²) in [6.07, 6.45) is 7.19. The number of aromatic nitrogens is 4. The number of nitrogens with one attached hydrogen (secondary N) is 1. The number of aryl methyl sites for hydroxylation is 1. The van der Waals surface area contributed by atoms with Crippen molar-refractivity contribution in [2.75, 3.05) is 5.32 Å². The smallest absolute Gasteiger partial charge is 0.269 e. The second-order valence-corrected chi connectivity index (χ2v) is 4.99. The van der Waals surface area contributed by atoms with E-state index in [0.717, 1.165) is 11.4 Å². The Kier molecular flexibility index (Phi) is 3.06. The van der Waals surface area contributed by atoms with E-state index in [1.807, 2.05) is 19.3 Å². The third kappa shape index (κ3) is 2.67. The van der Waals surface area contributed by atoms with Gasteiger partial charge in [-0.3, -0.25) is 9.48 Å². The van der Waals surface area contributed by atoms with Crippen molar-refractivity contribution in [3.63, 3.8) is 0 Å². The van der Waals surface area contributed by atoms with Gasteiger partial charge in [0.25, 0.3) is 5.56 Å². The van der Waals surface area contributed by atoms with E-state index >= 15 is 0 Å². The van der Waals surface area contributed by atoms with Crippen LogP contribution in [0.2, 0.25) is 0 Å². The maximum Gasteiger partial charge on any atom is 0.269 e. The molecule has 2 aromatic rings. The monoisotopic (exact) mass is 259 g/mol. The molecule has 100 valence electrons. The van der Waals surface area contributed by atoms with Crippen LogP contribution >= 0.6 is 0 Å². The lowest BCUT2D eigenvalue weighted by atomic mass is 9.93. The highest BCUT2D eigenvalue weighted by Crippen LogP contribution is 2.21. The van der Waals surface area contributed by atoms with Crippen molar-refractivity contribution in [2.45, 2.75) is 31.8 Å². The zero-order valence-corrected chi connectivity index (χ0v) is 10.9. The summed E-state index contributed by atoms with van der Waals surface area (Å²) in [5.74, 6) is 0. The van der Waals surface area contributed by atoms with Crippen LogP contribution in [0.1, 0.15) is 25.0 Å². The number of hydrogen-bond donors (Lipinski definition) is 1. The summed E-state index contributed by atoms with van der Waals surface area (Å²) in [5, 5.41) is 11.7. The molecule has 0 unspecified atom stereocenters. The molecule has 0 spiro atoms. The van der Waals surface area contributed by atoms with Gasteiger partial charge in [0.15, 0.2) is 0 Å². The van der Waals surface area contributed by atoms with Crippen molar-refractivity contribution >= 4 is 5.69 Å². The minimum Gasteiger partial charge on any atom is -0.381 e. The van der Waals surface area contributed by atoms with E-state index in [-0.39, 0.29) is 5.56 Å². The molecule has 19 heavy (non-hydrogen) atoms. The molecule has 0 aliphatic heterocycles. The third-order valence-corrected chi connectivity index (χ3v) is 3.43. The first kappa shape index (κ1) is 12.0. The van der Waals surface area contributed by atoms with Crippen LogP contribution in [0.3, 0.4) is 0 Å². The molecule has 0 amide bonds. The molecule has 0 radical (unpaired) electrons. The highest BCUT2D eigenvalue weighted by Gasteiger charge is 2.17. The lowest BCUT2D eigenvalue weighted by Gasteiger charge is -2.27. The summed E-state index contributed by atoms with van der Waals surface area (Å²) in [7, 11) is 1.85. The zero-order chi connectivity index (χ0) is 13.2. The van der Waals surface area contributed by atoms with E-state index in [9.17, 15) is 4.79 Å². The van der Waals surface area contributed by atoms with Crippen molar-refractivity contribution in [1.29, 1.82) is 0 Å². The largest absolute Gasteiger partial charge is 0.381 e. The maximum absolute atomic E-state index is 12.0. The Hall–Kier alpha value is -2.11. The minimum atomic E-state index is -0.102. The SMILES string of the molecule is Cn1ccc(Cn2ncc(NC3CCC3)cc2=O)n1. The van der Waals surface area contributed by atoms with Gasteiger partial charge in [0.1, 0.15) is 0 Å². The number of nitrogens with zero attached hydrogens (tertiary/aromatic N) is 4. The van der Waals surface area contributed by atoms with E-state index in [0.29, 0.717) is 12.6 Å². The molecule has 1 fully saturated rings. The number of hydrogen-bond acceptors (Lipinski definition) is 4. The van der Waals surface area contributed by atoms with Gasteiger partial charge in [0.05, 0.1) is 24.1 Å². The molecule has 3 rings (SSSR count). The molecule has 0 bridgehead atoms. The quantitative estimate of drug-likeness (QED) is 0.889. The van der Waals surface area contributed by atoms with Crippen LogP contribution in [0.5, 0.6) is 0 Å². The molecule has 6 nitrogen and oxygen atoms in total. The fraction of sp³-hybridized carbons (Fsp3) is 0.462. The van der Waals surface area contributed by atoms with Gasteiger partial charge in [0.2, 0.25) is 0 Å². The second-order valence-electron chi connectivity index (χ2n) is 4.99. The van der Waals surface area contributed by atoms with E-state index in [1.165, 1.54) is 23.9 Å². The summed E-state index contributed by atoms with van der Waals surface area (Å²) >= 11 is 0. The van der Waals surface area contributed by atoms with Gasteiger partial charge in [-0.1, -0.05) is 0 Å². The Morgan fingerprint density at radius 2 is 2.32 bits per heavy atom. The van der Waals surface area contributed by atoms with Crippen molar-refractivity contribution in [1.82, 2.24) is 19.6 Å². The zero-order valence-electron chi connectivity index (χ0n) is 10.9. The van der Waals surface area contributed by atoms with Crippen LogP contribution in [-0.4, -0.2) is 25.6 Å². The lowest BCUT2D eigenvalue weighted by Crippen LogP contribution is -2.29. The minimum absolute atomic E-state index is 0.102.